The summed E-state index contributed by atoms with van der Waals surface area (Å²) < 4.78 is 0. The number of aliphatic hydroxyl groups is 1. The Hall–Kier alpha value is -1.14. The lowest BCUT2D eigenvalue weighted by molar-refractivity contribution is -0.121. The molecule has 0 aliphatic carbocycles. The van der Waals surface area contributed by atoms with E-state index in [2.05, 4.69) is 5.32 Å². The summed E-state index contributed by atoms with van der Waals surface area (Å²) in [6, 6.07) is -1.45. The number of carbonyl (C=O) groups is 2. The first kappa shape index (κ1) is 15.9. The molecule has 0 spiro atoms. The number of amides is 3. The summed E-state index contributed by atoms with van der Waals surface area (Å²) in [5.74, 6) is -0.500. The Kier molecular flexibility index (Phi) is 6.12. The van der Waals surface area contributed by atoms with Gasteiger partial charge in [-0.3, -0.25) is 10.1 Å². The third-order valence-corrected chi connectivity index (χ3v) is 2.15. The van der Waals surface area contributed by atoms with Crippen molar-refractivity contribution < 1.29 is 14.7 Å². The van der Waals surface area contributed by atoms with E-state index in [9.17, 15) is 14.7 Å². The van der Waals surface area contributed by atoms with E-state index < -0.39 is 24.1 Å². The zero-order valence-corrected chi connectivity index (χ0v) is 10.9. The maximum Gasteiger partial charge on any atom is 0.318 e. The van der Waals surface area contributed by atoms with Gasteiger partial charge in [0.25, 0.3) is 0 Å². The molecule has 0 aromatic heterocycles. The number of aliphatic hydroxyl groups excluding tert-OH is 1. The maximum atomic E-state index is 11.3. The van der Waals surface area contributed by atoms with Crippen LogP contribution < -0.4 is 16.4 Å². The molecule has 0 heterocycles. The zero-order chi connectivity index (χ0) is 13.6. The molecular formula is C11H23N3O3. The fraction of sp³-hybridized carbons (Fsp3) is 0.818. The molecule has 6 heteroatoms. The Morgan fingerprint density at radius 3 is 2.29 bits per heavy atom. The minimum atomic E-state index is -0.876. The first-order valence-corrected chi connectivity index (χ1v) is 5.63. The molecule has 6 nitrogen and oxygen atoms in total. The lowest BCUT2D eigenvalue weighted by Crippen LogP contribution is -2.48. The van der Waals surface area contributed by atoms with Crippen LogP contribution in [0, 0.1) is 5.41 Å². The monoisotopic (exact) mass is 245 g/mol. The van der Waals surface area contributed by atoms with Crippen LogP contribution in [0.5, 0.6) is 0 Å². The van der Waals surface area contributed by atoms with Crippen molar-refractivity contribution in [3.63, 3.8) is 0 Å². The molecule has 0 aliphatic rings. The molecule has 0 aromatic rings. The second kappa shape index (κ2) is 6.56. The van der Waals surface area contributed by atoms with Crippen molar-refractivity contribution in [2.75, 3.05) is 6.54 Å². The molecule has 0 aromatic carbocycles. The van der Waals surface area contributed by atoms with E-state index in [0.717, 1.165) is 0 Å². The SMILES string of the molecule is CC(NCC(O)CC(C)(C)C)C(=O)NC(N)=O. The number of nitrogens with one attached hydrogen (secondary N) is 2. The highest BCUT2D eigenvalue weighted by molar-refractivity contribution is 5.96. The van der Waals surface area contributed by atoms with Crippen LogP contribution in [0.25, 0.3) is 0 Å². The highest BCUT2D eigenvalue weighted by atomic mass is 16.3. The van der Waals surface area contributed by atoms with Crippen molar-refractivity contribution in [3.05, 3.63) is 0 Å². The van der Waals surface area contributed by atoms with Gasteiger partial charge >= 0.3 is 6.03 Å². The molecule has 0 rings (SSSR count). The lowest BCUT2D eigenvalue weighted by Gasteiger charge is -2.23. The average Bonchev–Trinajstić information content (AvgIpc) is 2.10. The van der Waals surface area contributed by atoms with Crippen LogP contribution in [0.2, 0.25) is 0 Å². The molecule has 0 saturated carbocycles. The highest BCUT2D eigenvalue weighted by Crippen LogP contribution is 2.20. The summed E-state index contributed by atoms with van der Waals surface area (Å²) in [7, 11) is 0. The van der Waals surface area contributed by atoms with Gasteiger partial charge in [0.15, 0.2) is 0 Å². The van der Waals surface area contributed by atoms with Gasteiger partial charge in [0.1, 0.15) is 0 Å². The third kappa shape index (κ3) is 8.65. The molecule has 3 amide bonds. The summed E-state index contributed by atoms with van der Waals surface area (Å²) in [4.78, 5) is 21.7. The van der Waals surface area contributed by atoms with Crippen LogP contribution in [-0.2, 0) is 4.79 Å². The minimum Gasteiger partial charge on any atom is -0.392 e. The Bertz CT molecular complexity index is 274. The van der Waals surface area contributed by atoms with E-state index in [1.165, 1.54) is 0 Å². The van der Waals surface area contributed by atoms with Gasteiger partial charge in [0, 0.05) is 6.54 Å². The lowest BCUT2D eigenvalue weighted by atomic mass is 9.89. The normalized spacial score (nSPS) is 15.1. The fourth-order valence-electron chi connectivity index (χ4n) is 1.41. The summed E-state index contributed by atoms with van der Waals surface area (Å²) in [6.45, 7) is 7.98. The molecule has 2 unspecified atom stereocenters. The number of rotatable bonds is 5. The average molecular weight is 245 g/mol. The Balaban J connectivity index is 3.95. The Labute approximate surface area is 102 Å². The van der Waals surface area contributed by atoms with Crippen LogP contribution in [0.3, 0.4) is 0 Å². The molecule has 0 fully saturated rings. The van der Waals surface area contributed by atoms with E-state index >= 15 is 0 Å². The maximum absolute atomic E-state index is 11.3. The number of nitrogens with two attached hydrogens (primary N) is 1. The van der Waals surface area contributed by atoms with Crippen LogP contribution in [0.4, 0.5) is 4.79 Å². The molecule has 0 bridgehead atoms. The number of hydrogen-bond donors (Lipinski definition) is 4. The first-order valence-electron chi connectivity index (χ1n) is 5.63. The number of primary amides is 1. The highest BCUT2D eigenvalue weighted by Gasteiger charge is 2.19. The van der Waals surface area contributed by atoms with Gasteiger partial charge in [-0.2, -0.15) is 0 Å². The van der Waals surface area contributed by atoms with Gasteiger partial charge in [-0.15, -0.1) is 0 Å². The standard InChI is InChI=1S/C11H23N3O3/c1-7(9(16)14-10(12)17)13-6-8(15)5-11(2,3)4/h7-8,13,15H,5-6H2,1-4H3,(H3,12,14,16,17). The molecule has 100 valence electrons. The minimum absolute atomic E-state index is 0.0276. The molecule has 0 saturated heterocycles. The second-order valence-electron chi connectivity index (χ2n) is 5.40. The zero-order valence-electron chi connectivity index (χ0n) is 10.9. The van der Waals surface area contributed by atoms with E-state index in [0.29, 0.717) is 13.0 Å². The van der Waals surface area contributed by atoms with Crippen LogP contribution in [0.1, 0.15) is 34.1 Å². The van der Waals surface area contributed by atoms with Crippen molar-refractivity contribution in [1.29, 1.82) is 0 Å². The molecule has 0 radical (unpaired) electrons. The summed E-state index contributed by atoms with van der Waals surface area (Å²) in [5, 5.41) is 14.5. The Morgan fingerprint density at radius 2 is 1.88 bits per heavy atom. The third-order valence-electron chi connectivity index (χ3n) is 2.15. The van der Waals surface area contributed by atoms with Crippen molar-refractivity contribution in [3.8, 4) is 0 Å². The molecule has 5 N–H and O–H groups in total. The van der Waals surface area contributed by atoms with Gasteiger partial charge in [-0.25, -0.2) is 4.79 Å². The van der Waals surface area contributed by atoms with Gasteiger partial charge in [0.05, 0.1) is 12.1 Å². The van der Waals surface area contributed by atoms with Crippen molar-refractivity contribution in [2.24, 2.45) is 11.1 Å². The smallest absolute Gasteiger partial charge is 0.318 e. The molecule has 2 atom stereocenters. The van der Waals surface area contributed by atoms with Crippen LogP contribution in [-0.4, -0.2) is 35.7 Å². The predicted molar refractivity (Wildman–Crippen MR) is 65.3 cm³/mol. The van der Waals surface area contributed by atoms with Crippen LogP contribution in [0.15, 0.2) is 0 Å². The molecule has 17 heavy (non-hydrogen) atoms. The summed E-state index contributed by atoms with van der Waals surface area (Å²) in [6.07, 6.45) is 0.100. The van der Waals surface area contributed by atoms with Crippen molar-refractivity contribution in [1.82, 2.24) is 10.6 Å². The Morgan fingerprint density at radius 1 is 1.35 bits per heavy atom. The topological polar surface area (TPSA) is 104 Å². The number of hydrogen-bond acceptors (Lipinski definition) is 4. The van der Waals surface area contributed by atoms with Gasteiger partial charge < -0.3 is 16.2 Å². The van der Waals surface area contributed by atoms with Gasteiger partial charge in [-0.1, -0.05) is 20.8 Å². The van der Waals surface area contributed by atoms with Crippen LogP contribution >= 0.6 is 0 Å². The molecule has 0 aliphatic heterocycles. The largest absolute Gasteiger partial charge is 0.392 e. The number of urea groups is 1. The fourth-order valence-corrected chi connectivity index (χ4v) is 1.41. The van der Waals surface area contributed by atoms with Crippen molar-refractivity contribution >= 4 is 11.9 Å². The number of imide groups is 1. The van der Waals surface area contributed by atoms with E-state index in [1.807, 2.05) is 26.1 Å². The van der Waals surface area contributed by atoms with Crippen molar-refractivity contribution in [2.45, 2.75) is 46.3 Å². The van der Waals surface area contributed by atoms with Gasteiger partial charge in [0.2, 0.25) is 5.91 Å². The molecular weight excluding hydrogens is 222 g/mol. The quantitative estimate of drug-likeness (QED) is 0.545. The summed E-state index contributed by atoms with van der Waals surface area (Å²) in [5.41, 5.74) is 4.85. The van der Waals surface area contributed by atoms with E-state index in [1.54, 1.807) is 6.92 Å². The van der Waals surface area contributed by atoms with E-state index in [4.69, 9.17) is 5.73 Å². The predicted octanol–water partition coefficient (Wildman–Crippen LogP) is -0.0435. The second-order valence-corrected chi connectivity index (χ2v) is 5.40. The van der Waals surface area contributed by atoms with Gasteiger partial charge in [-0.05, 0) is 18.8 Å². The summed E-state index contributed by atoms with van der Waals surface area (Å²) >= 11 is 0. The first-order chi connectivity index (χ1) is 7.61. The number of carbonyl (C=O) groups excluding carboxylic acids is 2. The van der Waals surface area contributed by atoms with E-state index in [-0.39, 0.29) is 5.41 Å².